The molecule has 0 radical (unpaired) electrons. The number of halogens is 1. The van der Waals surface area contributed by atoms with Crippen molar-refractivity contribution in [2.45, 2.75) is 128 Å². The van der Waals surface area contributed by atoms with E-state index in [1.165, 1.54) is 4.90 Å². The Morgan fingerprint density at radius 1 is 0.478 bits per heavy atom. The summed E-state index contributed by atoms with van der Waals surface area (Å²) < 4.78 is 54.5. The minimum Gasteiger partial charge on any atom is -0.463 e. The molecule has 0 saturated carbocycles. The molecule has 2 heterocycles. The number of amides is 3. The quantitative estimate of drug-likeness (QED) is 0.0513. The predicted molar refractivity (Wildman–Crippen MR) is 231 cm³/mol. The number of carbonyl (C=O) groups is 11. The fourth-order valence-electron chi connectivity index (χ4n) is 6.50. The molecule has 2 saturated heterocycles. The fraction of sp³-hybridized carbons (Fsp3) is 0.725. The van der Waals surface area contributed by atoms with E-state index in [2.05, 4.69) is 10.6 Å². The molecular formula is C40H58ClN3O21S2. The molecule has 2 fully saturated rings. The van der Waals surface area contributed by atoms with Crippen LogP contribution in [0.15, 0.2) is 0 Å². The van der Waals surface area contributed by atoms with Crippen LogP contribution in [0.2, 0.25) is 0 Å². The summed E-state index contributed by atoms with van der Waals surface area (Å²) in [6.07, 6.45) is -9.96. The van der Waals surface area contributed by atoms with Crippen LogP contribution in [0.1, 0.15) is 68.2 Å². The lowest BCUT2D eigenvalue weighted by Crippen LogP contribution is -2.61. The van der Waals surface area contributed by atoms with Crippen molar-refractivity contribution >= 4 is 101 Å². The molecule has 67 heavy (non-hydrogen) atoms. The van der Waals surface area contributed by atoms with Gasteiger partial charge in [0.05, 0.1) is 11.5 Å². The SMILES string of the molecule is CC(=O)OC[C@H]1O[C@H](SCC(=O)NCCCN(CCCNC(=O)CS[C@H]2O[C@H](COC(C)=O)[C@@H](OC(C)=O)[C@H](OC(C)=O)[C@@H]2OC(C)=O)C(=O)CCl)[C@@H](OC(C)=O)[C@@H](OC(C)=O)[C@@H]1OC(C)=O. The van der Waals surface area contributed by atoms with Crippen molar-refractivity contribution in [2.24, 2.45) is 0 Å². The molecule has 0 aromatic rings. The summed E-state index contributed by atoms with van der Waals surface area (Å²) in [6, 6.07) is 0. The molecule has 0 unspecified atom stereocenters. The first-order chi connectivity index (χ1) is 31.5. The first-order valence-electron chi connectivity index (χ1n) is 20.7. The van der Waals surface area contributed by atoms with E-state index in [1.54, 1.807) is 0 Å². The van der Waals surface area contributed by atoms with Gasteiger partial charge in [-0.05, 0) is 12.8 Å². The second-order valence-corrected chi connectivity index (χ2v) is 17.1. The van der Waals surface area contributed by atoms with Crippen LogP contribution in [0, 0.1) is 0 Å². The van der Waals surface area contributed by atoms with Gasteiger partial charge < -0.3 is 62.9 Å². The number of carbonyl (C=O) groups excluding carboxylic acids is 11. The molecule has 2 aliphatic heterocycles. The van der Waals surface area contributed by atoms with Gasteiger partial charge in [0.25, 0.3) is 0 Å². The molecule has 0 aromatic carbocycles. The average Bonchev–Trinajstić information content (AvgIpc) is 3.22. The molecule has 0 aliphatic carbocycles. The fourth-order valence-corrected chi connectivity index (χ4v) is 8.75. The lowest BCUT2D eigenvalue weighted by atomic mass is 9.99. The minimum absolute atomic E-state index is 0.108. The molecule has 0 aromatic heterocycles. The van der Waals surface area contributed by atoms with Crippen LogP contribution in [0.5, 0.6) is 0 Å². The Labute approximate surface area is 399 Å². The van der Waals surface area contributed by atoms with Crippen LogP contribution in [0.4, 0.5) is 0 Å². The Bertz CT molecular complexity index is 1660. The maximum atomic E-state index is 12.9. The molecule has 10 atom stereocenters. The summed E-state index contributed by atoms with van der Waals surface area (Å²) in [5, 5.41) is 5.42. The number of thioether (sulfide) groups is 2. The normalized spacial score (nSPS) is 24.3. The number of ether oxygens (including phenoxy) is 10. The number of nitrogens with one attached hydrogen (secondary N) is 2. The smallest absolute Gasteiger partial charge is 0.303 e. The highest BCUT2D eigenvalue weighted by atomic mass is 35.5. The molecule has 27 heteroatoms. The molecule has 2 aliphatic rings. The van der Waals surface area contributed by atoms with E-state index in [-0.39, 0.29) is 56.4 Å². The number of hydrogen-bond acceptors (Lipinski definition) is 23. The predicted octanol–water partition coefficient (Wildman–Crippen LogP) is -0.301. The third-order valence-corrected chi connectivity index (χ3v) is 11.5. The zero-order valence-corrected chi connectivity index (χ0v) is 40.7. The summed E-state index contributed by atoms with van der Waals surface area (Å²) in [7, 11) is 0. The van der Waals surface area contributed by atoms with Crippen molar-refractivity contribution < 1.29 is 100 Å². The molecule has 0 spiro atoms. The molecule has 0 bridgehead atoms. The standard InChI is InChI=1S/C40H58ClN3O21S2/c1-20(45)56-16-28-33(58-22(3)47)35(60-24(5)49)37(62-26(7)51)39(64-28)66-18-30(53)42-11-9-13-44(32(55)15-41)14-10-12-43-31(54)19-67-40-38(63-27(8)52)36(61-25(6)50)34(59-23(4)48)29(65-40)17-57-21(2)46/h28-29,33-40H,9-19H2,1-8H3,(H,42,53)(H,43,54)/t28-,29-,33-,34-,35+,36+,37+,38+,39-,40-/m1/s1. The summed E-state index contributed by atoms with van der Waals surface area (Å²) in [4.78, 5) is 136. The van der Waals surface area contributed by atoms with Crippen molar-refractivity contribution in [3.05, 3.63) is 0 Å². The molecule has 3 amide bonds. The third kappa shape index (κ3) is 21.7. The lowest BCUT2D eigenvalue weighted by Gasteiger charge is -2.44. The van der Waals surface area contributed by atoms with Gasteiger partial charge in [0, 0.05) is 81.6 Å². The van der Waals surface area contributed by atoms with E-state index in [0.29, 0.717) is 0 Å². The molecular weight excluding hydrogens is 958 g/mol. The summed E-state index contributed by atoms with van der Waals surface area (Å²) in [6.45, 7) is 8.55. The second kappa shape index (κ2) is 29.8. The number of alkyl halides is 1. The zero-order chi connectivity index (χ0) is 50.4. The van der Waals surface area contributed by atoms with E-state index in [0.717, 1.165) is 78.9 Å². The van der Waals surface area contributed by atoms with Crippen LogP contribution in [-0.2, 0) is 100 Å². The minimum atomic E-state index is -1.39. The highest BCUT2D eigenvalue weighted by Gasteiger charge is 2.54. The maximum absolute atomic E-state index is 12.9. The number of rotatable bonds is 25. The van der Waals surface area contributed by atoms with Gasteiger partial charge >= 0.3 is 47.8 Å². The molecule has 378 valence electrons. The van der Waals surface area contributed by atoms with Gasteiger partial charge in [-0.1, -0.05) is 0 Å². The highest BCUT2D eigenvalue weighted by Crippen LogP contribution is 2.36. The van der Waals surface area contributed by atoms with E-state index in [4.69, 9.17) is 59.0 Å². The number of nitrogens with zero attached hydrogens (tertiary/aromatic N) is 1. The molecule has 24 nitrogen and oxygen atoms in total. The van der Waals surface area contributed by atoms with Crippen molar-refractivity contribution in [1.82, 2.24) is 15.5 Å². The van der Waals surface area contributed by atoms with Crippen LogP contribution >= 0.6 is 35.1 Å². The molecule has 2 rings (SSSR count). The Balaban J connectivity index is 1.98. The highest BCUT2D eigenvalue weighted by molar-refractivity contribution is 8.00. The van der Waals surface area contributed by atoms with E-state index in [1.807, 2.05) is 0 Å². The van der Waals surface area contributed by atoms with Gasteiger partial charge in [0.1, 0.15) is 42.2 Å². The van der Waals surface area contributed by atoms with Crippen molar-refractivity contribution in [3.8, 4) is 0 Å². The van der Waals surface area contributed by atoms with Crippen molar-refractivity contribution in [3.63, 3.8) is 0 Å². The van der Waals surface area contributed by atoms with E-state index < -0.39 is 138 Å². The Morgan fingerprint density at radius 3 is 1.09 bits per heavy atom. The van der Waals surface area contributed by atoms with Gasteiger partial charge in [-0.25, -0.2) is 0 Å². The van der Waals surface area contributed by atoms with Crippen LogP contribution in [0.3, 0.4) is 0 Å². The lowest BCUT2D eigenvalue weighted by molar-refractivity contribution is -0.237. The summed E-state index contributed by atoms with van der Waals surface area (Å²) >= 11 is 7.60. The monoisotopic (exact) mass is 1020 g/mol. The van der Waals surface area contributed by atoms with Crippen LogP contribution < -0.4 is 10.6 Å². The Kier molecular flexibility index (Phi) is 25.8. The van der Waals surface area contributed by atoms with Gasteiger partial charge in [-0.2, -0.15) is 0 Å². The average molecular weight is 1020 g/mol. The Morgan fingerprint density at radius 2 is 0.791 bits per heavy atom. The first kappa shape index (κ1) is 58.2. The zero-order valence-electron chi connectivity index (χ0n) is 38.3. The van der Waals surface area contributed by atoms with Crippen molar-refractivity contribution in [1.29, 1.82) is 0 Å². The van der Waals surface area contributed by atoms with Gasteiger partial charge in [-0.3, -0.25) is 52.7 Å². The van der Waals surface area contributed by atoms with Gasteiger partial charge in [0.2, 0.25) is 17.7 Å². The molecule has 2 N–H and O–H groups in total. The maximum Gasteiger partial charge on any atom is 0.303 e. The summed E-state index contributed by atoms with van der Waals surface area (Å²) in [5.74, 6) is -8.36. The second-order valence-electron chi connectivity index (χ2n) is 14.7. The summed E-state index contributed by atoms with van der Waals surface area (Å²) in [5.41, 5.74) is -2.32. The number of esters is 8. The third-order valence-electron chi connectivity index (χ3n) is 8.97. The van der Waals surface area contributed by atoms with Gasteiger partial charge in [0.15, 0.2) is 36.6 Å². The first-order valence-corrected chi connectivity index (χ1v) is 23.4. The largest absolute Gasteiger partial charge is 0.463 e. The van der Waals surface area contributed by atoms with Crippen LogP contribution in [-0.4, -0.2) is 187 Å². The number of hydrogen-bond donors (Lipinski definition) is 2. The topological polar surface area (TPSA) is 307 Å². The Hall–Kier alpha value is -4.92. The van der Waals surface area contributed by atoms with E-state index >= 15 is 0 Å². The van der Waals surface area contributed by atoms with Crippen molar-refractivity contribution in [2.75, 3.05) is 56.8 Å². The van der Waals surface area contributed by atoms with Gasteiger partial charge in [-0.15, -0.1) is 35.1 Å². The van der Waals surface area contributed by atoms with E-state index in [9.17, 15) is 52.7 Å². The van der Waals surface area contributed by atoms with Crippen LogP contribution in [0.25, 0.3) is 0 Å².